The van der Waals surface area contributed by atoms with Crippen molar-refractivity contribution in [1.82, 2.24) is 5.43 Å². The van der Waals surface area contributed by atoms with E-state index in [2.05, 4.69) is 28.0 Å². The van der Waals surface area contributed by atoms with Gasteiger partial charge in [0.1, 0.15) is 18.8 Å². The number of amides is 1. The Labute approximate surface area is 171 Å². The number of rotatable bonds is 8. The number of hydrazone groups is 1. The lowest BCUT2D eigenvalue weighted by molar-refractivity contribution is -0.928. The van der Waals surface area contributed by atoms with Crippen LogP contribution in [0.2, 0.25) is 0 Å². The summed E-state index contributed by atoms with van der Waals surface area (Å²) >= 11 is 0. The minimum atomic E-state index is -0.209. The lowest BCUT2D eigenvalue weighted by Gasteiger charge is -2.31. The van der Waals surface area contributed by atoms with E-state index < -0.39 is 0 Å². The molecule has 3 N–H and O–H groups in total. The number of nitrogens with one attached hydrogen (secondary N) is 3. The number of morpholine rings is 1. The maximum absolute atomic E-state index is 12.3. The maximum Gasteiger partial charge on any atom is 0.259 e. The fourth-order valence-corrected chi connectivity index (χ4v) is 3.56. The molecule has 7 nitrogen and oxygen atoms in total. The van der Waals surface area contributed by atoms with E-state index in [4.69, 9.17) is 9.47 Å². The number of quaternary nitrogens is 1. The Morgan fingerprint density at radius 3 is 2.55 bits per heavy atom. The molecule has 0 aromatic heterocycles. The summed E-state index contributed by atoms with van der Waals surface area (Å²) in [5.74, 6) is 0.485. The van der Waals surface area contributed by atoms with Crippen molar-refractivity contribution in [3.63, 3.8) is 0 Å². The molecule has 0 unspecified atom stereocenters. The van der Waals surface area contributed by atoms with Crippen molar-refractivity contribution in [3.05, 3.63) is 60.2 Å². The van der Waals surface area contributed by atoms with Crippen LogP contribution in [-0.2, 0) is 9.53 Å². The van der Waals surface area contributed by atoms with Crippen molar-refractivity contribution >= 4 is 17.3 Å². The van der Waals surface area contributed by atoms with Gasteiger partial charge in [0.15, 0.2) is 6.04 Å². The first-order valence-corrected chi connectivity index (χ1v) is 9.86. The molecule has 7 heteroatoms. The van der Waals surface area contributed by atoms with Gasteiger partial charge in [0.05, 0.1) is 38.3 Å². The zero-order valence-corrected chi connectivity index (χ0v) is 17.0. The Balaban J connectivity index is 1.64. The quantitative estimate of drug-likeness (QED) is 0.463. The van der Waals surface area contributed by atoms with Crippen LogP contribution in [0.3, 0.4) is 0 Å². The molecule has 0 spiro atoms. The monoisotopic (exact) mass is 397 g/mol. The van der Waals surface area contributed by atoms with E-state index in [0.29, 0.717) is 5.75 Å². The van der Waals surface area contributed by atoms with Crippen molar-refractivity contribution in [2.45, 2.75) is 13.0 Å². The lowest BCUT2D eigenvalue weighted by atomic mass is 10.0. The van der Waals surface area contributed by atoms with Crippen molar-refractivity contribution in [3.8, 4) is 5.75 Å². The molecule has 1 aliphatic heterocycles. The van der Waals surface area contributed by atoms with Gasteiger partial charge in [0, 0.05) is 5.56 Å². The van der Waals surface area contributed by atoms with Gasteiger partial charge in [-0.3, -0.25) is 4.79 Å². The number of carbonyl (C=O) groups excluding carboxylic acids is 1. The average Bonchev–Trinajstić information content (AvgIpc) is 2.78. The summed E-state index contributed by atoms with van der Waals surface area (Å²) in [5, 5.41) is 7.50. The number of ether oxygens (including phenoxy) is 2. The molecule has 0 saturated carbocycles. The SMILES string of the molecule is COc1ccccc1NCC(=O)N/N=C(/C)[C@H](c1ccccc1)[NH+]1CCOCC1. The Bertz CT molecular complexity index is 820. The van der Waals surface area contributed by atoms with Crippen LogP contribution >= 0.6 is 0 Å². The summed E-state index contributed by atoms with van der Waals surface area (Å²) in [6, 6.07) is 17.9. The summed E-state index contributed by atoms with van der Waals surface area (Å²) in [6.45, 7) is 5.37. The Kier molecular flexibility index (Phi) is 7.61. The molecule has 154 valence electrons. The van der Waals surface area contributed by atoms with Crippen molar-refractivity contribution in [1.29, 1.82) is 0 Å². The highest BCUT2D eigenvalue weighted by Crippen LogP contribution is 2.22. The zero-order chi connectivity index (χ0) is 20.5. The number of para-hydroxylation sites is 2. The van der Waals surface area contributed by atoms with E-state index in [1.807, 2.05) is 49.4 Å². The number of methoxy groups -OCH3 is 1. The highest BCUT2D eigenvalue weighted by atomic mass is 16.5. The lowest BCUT2D eigenvalue weighted by Crippen LogP contribution is -3.15. The predicted octanol–water partition coefficient (Wildman–Crippen LogP) is 1.26. The minimum Gasteiger partial charge on any atom is -0.495 e. The van der Waals surface area contributed by atoms with E-state index in [-0.39, 0.29) is 18.5 Å². The van der Waals surface area contributed by atoms with E-state index in [1.165, 1.54) is 10.5 Å². The third-order valence-electron chi connectivity index (χ3n) is 5.00. The smallest absolute Gasteiger partial charge is 0.259 e. The van der Waals surface area contributed by atoms with Crippen molar-refractivity contribution in [2.24, 2.45) is 5.10 Å². The number of hydrogen-bond acceptors (Lipinski definition) is 5. The van der Waals surface area contributed by atoms with Crippen LogP contribution in [0, 0.1) is 0 Å². The zero-order valence-electron chi connectivity index (χ0n) is 17.0. The summed E-state index contributed by atoms with van der Waals surface area (Å²) in [6.07, 6.45) is 0. The van der Waals surface area contributed by atoms with Gasteiger partial charge in [0.25, 0.3) is 5.91 Å². The Hall–Kier alpha value is -2.90. The minimum absolute atomic E-state index is 0.0857. The maximum atomic E-state index is 12.3. The van der Waals surface area contributed by atoms with Crippen molar-refractivity contribution < 1.29 is 19.2 Å². The molecule has 1 atom stereocenters. The molecule has 1 amide bonds. The summed E-state index contributed by atoms with van der Waals surface area (Å²) < 4.78 is 10.8. The van der Waals surface area contributed by atoms with E-state index in [9.17, 15) is 4.79 Å². The third-order valence-corrected chi connectivity index (χ3v) is 5.00. The van der Waals surface area contributed by atoms with E-state index in [1.54, 1.807) is 7.11 Å². The van der Waals surface area contributed by atoms with Crippen molar-refractivity contribution in [2.75, 3.05) is 45.3 Å². The second-order valence-corrected chi connectivity index (χ2v) is 6.96. The number of carbonyl (C=O) groups is 1. The number of nitrogens with zero attached hydrogens (tertiary/aromatic N) is 1. The first kappa shape index (κ1) is 20.8. The van der Waals surface area contributed by atoms with Crippen LogP contribution < -0.4 is 20.4 Å². The highest BCUT2D eigenvalue weighted by Gasteiger charge is 2.29. The second kappa shape index (κ2) is 10.6. The molecule has 0 aliphatic carbocycles. The fraction of sp³-hybridized carbons (Fsp3) is 0.364. The largest absolute Gasteiger partial charge is 0.495 e. The molecule has 1 heterocycles. The van der Waals surface area contributed by atoms with Gasteiger partial charge in [-0.15, -0.1) is 0 Å². The number of benzene rings is 2. The Morgan fingerprint density at radius 2 is 1.83 bits per heavy atom. The molecule has 0 bridgehead atoms. The normalized spacial score (nSPS) is 16.1. The fourth-order valence-electron chi connectivity index (χ4n) is 3.56. The Morgan fingerprint density at radius 1 is 1.14 bits per heavy atom. The molecule has 2 aromatic carbocycles. The molecule has 29 heavy (non-hydrogen) atoms. The topological polar surface area (TPSA) is 76.4 Å². The predicted molar refractivity (Wildman–Crippen MR) is 113 cm³/mol. The first-order chi connectivity index (χ1) is 14.2. The number of hydrogen-bond donors (Lipinski definition) is 3. The summed E-state index contributed by atoms with van der Waals surface area (Å²) in [7, 11) is 1.60. The van der Waals surface area contributed by atoms with Gasteiger partial charge in [0.2, 0.25) is 0 Å². The third kappa shape index (κ3) is 5.79. The second-order valence-electron chi connectivity index (χ2n) is 6.96. The van der Waals surface area contributed by atoms with Gasteiger partial charge < -0.3 is 19.7 Å². The van der Waals surface area contributed by atoms with E-state index in [0.717, 1.165) is 37.7 Å². The molecule has 2 aromatic rings. The van der Waals surface area contributed by atoms with Crippen LogP contribution in [-0.4, -0.2) is 51.6 Å². The van der Waals surface area contributed by atoms with Crippen LogP contribution in [0.1, 0.15) is 18.5 Å². The van der Waals surface area contributed by atoms with Gasteiger partial charge in [-0.2, -0.15) is 5.10 Å². The highest BCUT2D eigenvalue weighted by molar-refractivity contribution is 5.89. The molecule has 1 saturated heterocycles. The van der Waals surface area contributed by atoms with Gasteiger partial charge in [-0.25, -0.2) is 5.43 Å². The molecule has 1 aliphatic rings. The molecular formula is C22H29N4O3+. The first-order valence-electron chi connectivity index (χ1n) is 9.86. The standard InChI is InChI=1S/C22H28N4O3/c1-17(22(18-8-4-3-5-9-18)26-12-14-29-15-13-26)24-25-21(27)16-23-19-10-6-7-11-20(19)28-2/h3-11,22-23H,12-16H2,1-2H3,(H,25,27)/p+1/b24-17-/t22-/m1/s1. The van der Waals surface area contributed by atoms with Crippen LogP contribution in [0.5, 0.6) is 5.75 Å². The van der Waals surface area contributed by atoms with Crippen LogP contribution in [0.4, 0.5) is 5.69 Å². The van der Waals surface area contributed by atoms with Crippen LogP contribution in [0.15, 0.2) is 59.7 Å². The van der Waals surface area contributed by atoms with Gasteiger partial charge >= 0.3 is 0 Å². The van der Waals surface area contributed by atoms with Gasteiger partial charge in [-0.1, -0.05) is 42.5 Å². The molecule has 0 radical (unpaired) electrons. The summed E-state index contributed by atoms with van der Waals surface area (Å²) in [4.78, 5) is 13.7. The molecule has 1 fully saturated rings. The average molecular weight is 397 g/mol. The van der Waals surface area contributed by atoms with E-state index >= 15 is 0 Å². The van der Waals surface area contributed by atoms with Crippen LogP contribution in [0.25, 0.3) is 0 Å². The van der Waals surface area contributed by atoms with Gasteiger partial charge in [-0.05, 0) is 19.1 Å². The molecule has 3 rings (SSSR count). The number of anilines is 1. The summed E-state index contributed by atoms with van der Waals surface area (Å²) in [5.41, 5.74) is 5.51. The molecular weight excluding hydrogens is 368 g/mol.